The molecule has 0 fully saturated rings. The van der Waals surface area contributed by atoms with Crippen LogP contribution in [0.1, 0.15) is 5.56 Å². The summed E-state index contributed by atoms with van der Waals surface area (Å²) in [4.78, 5) is 11.8. The van der Waals surface area contributed by atoms with Gasteiger partial charge in [-0.15, -0.1) is 0 Å². The topological polar surface area (TPSA) is 111 Å². The van der Waals surface area contributed by atoms with Gasteiger partial charge in [0.15, 0.2) is 11.3 Å². The van der Waals surface area contributed by atoms with Gasteiger partial charge < -0.3 is 5.73 Å². The molecule has 1 aromatic heterocycles. The van der Waals surface area contributed by atoms with E-state index in [2.05, 4.69) is 0 Å². The Morgan fingerprint density at radius 1 is 1.24 bits per heavy atom. The minimum absolute atomic E-state index is 0.158. The van der Waals surface area contributed by atoms with E-state index in [1.54, 1.807) is 19.1 Å². The van der Waals surface area contributed by atoms with E-state index < -0.39 is 32.8 Å². The van der Waals surface area contributed by atoms with Crippen LogP contribution in [0.15, 0.2) is 34.0 Å². The summed E-state index contributed by atoms with van der Waals surface area (Å²) in [6, 6.07) is 5.68. The normalized spacial score (nSPS) is 11.6. The maximum atomic E-state index is 13.8. The average Bonchev–Trinajstić information content (AvgIpc) is 2.43. The maximum absolute atomic E-state index is 13.8. The Morgan fingerprint density at radius 3 is 2.29 bits per heavy atom. The predicted octanol–water partition coefficient (Wildman–Crippen LogP) is -0.0670. The van der Waals surface area contributed by atoms with Gasteiger partial charge in [0, 0.05) is 7.05 Å². The fourth-order valence-corrected chi connectivity index (χ4v) is 3.10. The zero-order valence-electron chi connectivity index (χ0n) is 11.3. The highest BCUT2D eigenvalue weighted by atomic mass is 32.2. The lowest BCUT2D eigenvalue weighted by Crippen LogP contribution is -2.43. The molecular formula is C12H13FN4O3S. The molecule has 9 heteroatoms. The molecule has 0 atom stereocenters. The van der Waals surface area contributed by atoms with Crippen molar-refractivity contribution in [2.75, 3.05) is 5.73 Å². The highest BCUT2D eigenvalue weighted by Crippen LogP contribution is 2.16. The Hall–Kier alpha value is -2.42. The number of benzene rings is 1. The molecule has 2 rings (SSSR count). The van der Waals surface area contributed by atoms with Crippen LogP contribution < -0.4 is 16.9 Å². The number of nitrogens with zero attached hydrogens (tertiary/aromatic N) is 2. The van der Waals surface area contributed by atoms with Crippen LogP contribution in [0.5, 0.6) is 0 Å². The Labute approximate surface area is 119 Å². The molecule has 1 aromatic carbocycles. The summed E-state index contributed by atoms with van der Waals surface area (Å²) in [6.45, 7) is 1.77. The van der Waals surface area contributed by atoms with Crippen molar-refractivity contribution < 1.29 is 12.8 Å². The third-order valence-electron chi connectivity index (χ3n) is 3.01. The number of nitrogen functional groups attached to an aromatic ring is 1. The molecule has 3 N–H and O–H groups in total. The molecule has 0 aliphatic carbocycles. The number of hydrogen-bond acceptors (Lipinski definition) is 5. The predicted molar refractivity (Wildman–Crippen MR) is 73.7 cm³/mol. The molecule has 21 heavy (non-hydrogen) atoms. The Morgan fingerprint density at radius 2 is 1.76 bits per heavy atom. The van der Waals surface area contributed by atoms with E-state index in [0.29, 0.717) is 4.57 Å². The molecule has 0 saturated heterocycles. The first-order valence-electron chi connectivity index (χ1n) is 5.81. The Bertz CT molecular complexity index is 927. The fraction of sp³-hybridized carbons (Fsp3) is 0.167. The van der Waals surface area contributed by atoms with Crippen molar-refractivity contribution in [3.8, 4) is 0 Å². The first kappa shape index (κ1) is 15.0. The van der Waals surface area contributed by atoms with Gasteiger partial charge in [-0.2, -0.15) is 8.36 Å². The lowest BCUT2D eigenvalue weighted by molar-refractivity contribution is 0.541. The van der Waals surface area contributed by atoms with Gasteiger partial charge in [0.2, 0.25) is 5.82 Å². The van der Waals surface area contributed by atoms with E-state index in [0.717, 1.165) is 12.6 Å². The van der Waals surface area contributed by atoms with Gasteiger partial charge in [-0.25, -0.2) is 13.2 Å². The zero-order valence-corrected chi connectivity index (χ0v) is 12.1. The minimum atomic E-state index is -4.34. The number of aromatic nitrogens is 2. The van der Waals surface area contributed by atoms with Crippen molar-refractivity contribution in [2.45, 2.75) is 11.8 Å². The average molecular weight is 312 g/mol. The second-order valence-corrected chi connectivity index (χ2v) is 6.26. The van der Waals surface area contributed by atoms with E-state index in [1.807, 2.05) is 0 Å². The summed E-state index contributed by atoms with van der Waals surface area (Å²) in [6.07, 6.45) is 0. The summed E-state index contributed by atoms with van der Waals surface area (Å²) < 4.78 is 39.4. The SMILES string of the molecule is Cc1ccc(S(=O)(=O)n2c(N)c(F)c(=N)n(C)c2=O)cc1. The minimum Gasteiger partial charge on any atom is -0.382 e. The van der Waals surface area contributed by atoms with Crippen LogP contribution in [-0.4, -0.2) is 17.0 Å². The molecule has 0 bridgehead atoms. The van der Waals surface area contributed by atoms with Crippen LogP contribution in [0.25, 0.3) is 0 Å². The Kier molecular flexibility index (Phi) is 3.46. The number of rotatable bonds is 2. The van der Waals surface area contributed by atoms with Gasteiger partial charge in [-0.05, 0) is 19.1 Å². The van der Waals surface area contributed by atoms with Crippen molar-refractivity contribution in [2.24, 2.45) is 7.05 Å². The van der Waals surface area contributed by atoms with E-state index in [1.165, 1.54) is 12.1 Å². The van der Waals surface area contributed by atoms with Crippen molar-refractivity contribution in [3.63, 3.8) is 0 Å². The lowest BCUT2D eigenvalue weighted by atomic mass is 10.2. The van der Waals surface area contributed by atoms with E-state index in [-0.39, 0.29) is 8.87 Å². The number of halogens is 1. The highest BCUT2D eigenvalue weighted by molar-refractivity contribution is 7.90. The number of hydrogen-bond donors (Lipinski definition) is 2. The maximum Gasteiger partial charge on any atom is 0.345 e. The van der Waals surface area contributed by atoms with Crippen molar-refractivity contribution in [1.29, 1.82) is 5.41 Å². The van der Waals surface area contributed by atoms with E-state index in [9.17, 15) is 17.6 Å². The van der Waals surface area contributed by atoms with Gasteiger partial charge in [-0.3, -0.25) is 9.98 Å². The third-order valence-corrected chi connectivity index (χ3v) is 4.71. The number of aryl methyl sites for hydroxylation is 1. The second kappa shape index (κ2) is 4.85. The molecule has 0 radical (unpaired) electrons. The van der Waals surface area contributed by atoms with Crippen LogP contribution in [0.3, 0.4) is 0 Å². The van der Waals surface area contributed by atoms with Gasteiger partial charge in [0.1, 0.15) is 0 Å². The molecule has 0 unspecified atom stereocenters. The molecule has 2 aromatic rings. The molecule has 0 amide bonds. The smallest absolute Gasteiger partial charge is 0.345 e. The summed E-state index contributed by atoms with van der Waals surface area (Å²) in [5.74, 6) is -2.18. The van der Waals surface area contributed by atoms with Crippen LogP contribution in [0, 0.1) is 18.2 Å². The fourth-order valence-electron chi connectivity index (χ4n) is 1.74. The van der Waals surface area contributed by atoms with Crippen molar-refractivity contribution in [3.05, 3.63) is 51.6 Å². The first-order valence-corrected chi connectivity index (χ1v) is 7.25. The molecular weight excluding hydrogens is 299 g/mol. The van der Waals surface area contributed by atoms with Crippen molar-refractivity contribution in [1.82, 2.24) is 8.54 Å². The molecule has 7 nitrogen and oxygen atoms in total. The largest absolute Gasteiger partial charge is 0.382 e. The second-order valence-electron chi connectivity index (χ2n) is 4.47. The Balaban J connectivity index is 2.87. The number of nitrogens with two attached hydrogens (primary N) is 1. The quantitative estimate of drug-likeness (QED) is 0.808. The molecule has 112 valence electrons. The van der Waals surface area contributed by atoms with Crippen LogP contribution >= 0.6 is 0 Å². The van der Waals surface area contributed by atoms with Crippen LogP contribution in [0.2, 0.25) is 0 Å². The lowest BCUT2D eigenvalue weighted by Gasteiger charge is -2.13. The van der Waals surface area contributed by atoms with Crippen LogP contribution in [-0.2, 0) is 17.1 Å². The molecule has 0 aliphatic rings. The summed E-state index contributed by atoms with van der Waals surface area (Å²) in [7, 11) is -3.25. The molecule has 0 saturated carbocycles. The monoisotopic (exact) mass is 312 g/mol. The molecule has 0 spiro atoms. The van der Waals surface area contributed by atoms with Gasteiger partial charge in [0.25, 0.3) is 10.0 Å². The number of anilines is 1. The highest BCUT2D eigenvalue weighted by Gasteiger charge is 2.25. The summed E-state index contributed by atoms with van der Waals surface area (Å²) >= 11 is 0. The number of nitrogens with one attached hydrogen (secondary N) is 1. The first-order chi connectivity index (χ1) is 9.67. The van der Waals surface area contributed by atoms with Gasteiger partial charge in [-0.1, -0.05) is 17.7 Å². The van der Waals surface area contributed by atoms with E-state index in [4.69, 9.17) is 11.1 Å². The standard InChI is InChI=1S/C12H13FN4O3S/c1-7-3-5-8(6-4-7)21(19,20)17-11(15)9(13)10(14)16(2)12(17)18/h3-6,14H,15H2,1-2H3. The van der Waals surface area contributed by atoms with Crippen molar-refractivity contribution >= 4 is 15.8 Å². The summed E-state index contributed by atoms with van der Waals surface area (Å²) in [5, 5.41) is 7.36. The van der Waals surface area contributed by atoms with Crippen LogP contribution in [0.4, 0.5) is 10.2 Å². The third kappa shape index (κ3) is 2.25. The molecule has 0 aliphatic heterocycles. The van der Waals surface area contributed by atoms with E-state index >= 15 is 0 Å². The van der Waals surface area contributed by atoms with Gasteiger partial charge in [0.05, 0.1) is 4.90 Å². The summed E-state index contributed by atoms with van der Waals surface area (Å²) in [5.41, 5.74) is 4.31. The zero-order chi connectivity index (χ0) is 15.9. The molecule has 1 heterocycles. The van der Waals surface area contributed by atoms with Gasteiger partial charge >= 0.3 is 5.69 Å².